The summed E-state index contributed by atoms with van der Waals surface area (Å²) in [6, 6.07) is 12.7. The van der Waals surface area contributed by atoms with Crippen molar-refractivity contribution >= 4 is 23.2 Å². The second-order valence-corrected chi connectivity index (χ2v) is 9.45. The summed E-state index contributed by atoms with van der Waals surface area (Å²) in [7, 11) is 3.08. The molecule has 0 unspecified atom stereocenters. The molecule has 1 fully saturated rings. The summed E-state index contributed by atoms with van der Waals surface area (Å²) in [4.78, 5) is 35.6. The fourth-order valence-corrected chi connectivity index (χ4v) is 5.17. The van der Waals surface area contributed by atoms with Crippen LogP contribution >= 0.6 is 11.3 Å². The molecule has 0 spiro atoms. The van der Waals surface area contributed by atoms with Crippen LogP contribution in [0.4, 0.5) is 0 Å². The van der Waals surface area contributed by atoms with Crippen molar-refractivity contribution in [3.05, 3.63) is 75.0 Å². The Kier molecular flexibility index (Phi) is 8.22. The lowest BCUT2D eigenvalue weighted by molar-refractivity contribution is 0.0642. The maximum Gasteiger partial charge on any atom is 0.279 e. The van der Waals surface area contributed by atoms with E-state index in [1.54, 1.807) is 25.3 Å². The largest absolute Gasteiger partial charge is 0.493 e. The lowest BCUT2D eigenvalue weighted by Gasteiger charge is -2.34. The van der Waals surface area contributed by atoms with Crippen LogP contribution in [0.25, 0.3) is 0 Å². The van der Waals surface area contributed by atoms with E-state index in [9.17, 15) is 9.59 Å². The van der Waals surface area contributed by atoms with Gasteiger partial charge in [-0.1, -0.05) is 25.1 Å². The Balaban J connectivity index is 1.60. The second-order valence-electron chi connectivity index (χ2n) is 8.62. The SMILES string of the molecule is CCN1CCN(C(=O)c2ccccc2Cn2c(C)csc2=NC(=O)c2ccc(OC)c(OC)c2)CC1. The van der Waals surface area contributed by atoms with Crippen molar-refractivity contribution in [2.45, 2.75) is 20.4 Å². The molecule has 0 bridgehead atoms. The van der Waals surface area contributed by atoms with Crippen molar-refractivity contribution < 1.29 is 19.1 Å². The molecular weight excluding hydrogens is 476 g/mol. The van der Waals surface area contributed by atoms with E-state index < -0.39 is 0 Å². The van der Waals surface area contributed by atoms with Crippen LogP contribution in [0.2, 0.25) is 0 Å². The van der Waals surface area contributed by atoms with Crippen molar-refractivity contribution in [2.75, 3.05) is 46.9 Å². The highest BCUT2D eigenvalue weighted by molar-refractivity contribution is 7.07. The number of rotatable bonds is 7. The molecule has 3 aromatic rings. The van der Waals surface area contributed by atoms with Gasteiger partial charge in [0.05, 0.1) is 20.8 Å². The Morgan fingerprint density at radius 2 is 1.72 bits per heavy atom. The molecule has 1 aliphatic rings. The fraction of sp³-hybridized carbons (Fsp3) is 0.370. The van der Waals surface area contributed by atoms with E-state index in [1.165, 1.54) is 18.4 Å². The van der Waals surface area contributed by atoms with E-state index in [0.717, 1.165) is 44.0 Å². The first-order valence-corrected chi connectivity index (χ1v) is 12.9. The van der Waals surface area contributed by atoms with Gasteiger partial charge in [0.1, 0.15) is 0 Å². The zero-order valence-electron chi connectivity index (χ0n) is 21.2. The Labute approximate surface area is 215 Å². The zero-order chi connectivity index (χ0) is 25.7. The molecule has 4 rings (SSSR count). The number of aromatic nitrogens is 1. The van der Waals surface area contributed by atoms with Crippen LogP contribution in [0.15, 0.2) is 52.8 Å². The number of nitrogens with zero attached hydrogens (tertiary/aromatic N) is 4. The predicted octanol–water partition coefficient (Wildman–Crippen LogP) is 3.44. The van der Waals surface area contributed by atoms with E-state index in [4.69, 9.17) is 9.47 Å². The topological polar surface area (TPSA) is 76.4 Å². The number of amides is 2. The van der Waals surface area contributed by atoms with Gasteiger partial charge in [-0.15, -0.1) is 11.3 Å². The standard InChI is InChI=1S/C27H32N4O4S/c1-5-29-12-14-30(15-13-29)26(33)22-9-7-6-8-21(22)17-31-19(2)18-36-27(31)28-25(32)20-10-11-23(34-3)24(16-20)35-4/h6-11,16,18H,5,12-15,17H2,1-4H3. The third-order valence-corrected chi connectivity index (χ3v) is 7.48. The average Bonchev–Trinajstić information content (AvgIpc) is 3.26. The Morgan fingerprint density at radius 3 is 2.42 bits per heavy atom. The highest BCUT2D eigenvalue weighted by Crippen LogP contribution is 2.27. The molecule has 2 amide bonds. The van der Waals surface area contributed by atoms with Gasteiger partial charge in [-0.3, -0.25) is 9.59 Å². The lowest BCUT2D eigenvalue weighted by atomic mass is 10.1. The van der Waals surface area contributed by atoms with Gasteiger partial charge >= 0.3 is 0 Å². The van der Waals surface area contributed by atoms with Crippen LogP contribution in [-0.2, 0) is 6.54 Å². The predicted molar refractivity (Wildman–Crippen MR) is 140 cm³/mol. The van der Waals surface area contributed by atoms with Crippen molar-refractivity contribution in [3.63, 3.8) is 0 Å². The van der Waals surface area contributed by atoms with E-state index in [0.29, 0.717) is 34.0 Å². The van der Waals surface area contributed by atoms with Gasteiger partial charge in [0.25, 0.3) is 11.8 Å². The first-order valence-electron chi connectivity index (χ1n) is 12.0. The molecule has 0 saturated carbocycles. The minimum Gasteiger partial charge on any atom is -0.493 e. The number of benzene rings is 2. The van der Waals surface area contributed by atoms with Crippen LogP contribution in [0.1, 0.15) is 38.9 Å². The molecule has 1 aromatic heterocycles. The molecular formula is C27H32N4O4S. The van der Waals surface area contributed by atoms with Crippen LogP contribution < -0.4 is 14.3 Å². The van der Waals surface area contributed by atoms with Gasteiger partial charge < -0.3 is 23.8 Å². The van der Waals surface area contributed by atoms with Crippen molar-refractivity contribution in [2.24, 2.45) is 4.99 Å². The summed E-state index contributed by atoms with van der Waals surface area (Å²) in [5.74, 6) is 0.703. The first kappa shape index (κ1) is 25.7. The number of aryl methyl sites for hydroxylation is 1. The quantitative estimate of drug-likeness (QED) is 0.489. The summed E-state index contributed by atoms with van der Waals surface area (Å²) in [5, 5.41) is 1.97. The van der Waals surface area contributed by atoms with Crippen LogP contribution in [-0.4, -0.2) is 73.1 Å². The van der Waals surface area contributed by atoms with E-state index >= 15 is 0 Å². The Hall–Kier alpha value is -3.43. The van der Waals surface area contributed by atoms with Crippen molar-refractivity contribution in [3.8, 4) is 11.5 Å². The van der Waals surface area contributed by atoms with Gasteiger partial charge in [-0.2, -0.15) is 4.99 Å². The normalized spacial score (nSPS) is 14.7. The molecule has 0 atom stereocenters. The summed E-state index contributed by atoms with van der Waals surface area (Å²) in [5.41, 5.74) is 2.98. The molecule has 1 aliphatic heterocycles. The number of hydrogen-bond acceptors (Lipinski definition) is 6. The minimum atomic E-state index is -0.371. The number of likely N-dealkylation sites (N-methyl/N-ethyl adjacent to an activating group) is 1. The van der Waals surface area contributed by atoms with Gasteiger partial charge in [0.15, 0.2) is 16.3 Å². The van der Waals surface area contributed by atoms with E-state index in [1.807, 2.05) is 46.0 Å². The highest BCUT2D eigenvalue weighted by atomic mass is 32.1. The van der Waals surface area contributed by atoms with Crippen molar-refractivity contribution in [1.29, 1.82) is 0 Å². The summed E-state index contributed by atoms with van der Waals surface area (Å²) in [6.07, 6.45) is 0. The zero-order valence-corrected chi connectivity index (χ0v) is 22.0. The second kappa shape index (κ2) is 11.5. The fourth-order valence-electron chi connectivity index (χ4n) is 4.29. The van der Waals surface area contributed by atoms with E-state index in [2.05, 4.69) is 16.8 Å². The number of methoxy groups -OCH3 is 2. The Bertz CT molecular complexity index is 1310. The third kappa shape index (κ3) is 5.52. The maximum atomic E-state index is 13.4. The number of hydrogen-bond donors (Lipinski definition) is 0. The molecule has 36 heavy (non-hydrogen) atoms. The lowest BCUT2D eigenvalue weighted by Crippen LogP contribution is -2.48. The first-order chi connectivity index (χ1) is 17.4. The molecule has 0 radical (unpaired) electrons. The van der Waals surface area contributed by atoms with Gasteiger partial charge in [-0.25, -0.2) is 0 Å². The van der Waals surface area contributed by atoms with Gasteiger partial charge in [0, 0.05) is 48.4 Å². The molecule has 9 heteroatoms. The monoisotopic (exact) mass is 508 g/mol. The number of piperazine rings is 1. The van der Waals surface area contributed by atoms with Crippen LogP contribution in [0, 0.1) is 6.92 Å². The molecule has 0 N–H and O–H groups in total. The molecule has 2 aromatic carbocycles. The smallest absolute Gasteiger partial charge is 0.279 e. The molecule has 8 nitrogen and oxygen atoms in total. The maximum absolute atomic E-state index is 13.4. The number of ether oxygens (including phenoxy) is 2. The van der Waals surface area contributed by atoms with Crippen LogP contribution in [0.3, 0.4) is 0 Å². The molecule has 1 saturated heterocycles. The number of carbonyl (C=O) groups is 2. The summed E-state index contributed by atoms with van der Waals surface area (Å²) in [6.45, 7) is 8.81. The van der Waals surface area contributed by atoms with Crippen molar-refractivity contribution in [1.82, 2.24) is 14.4 Å². The highest BCUT2D eigenvalue weighted by Gasteiger charge is 2.23. The molecule has 190 valence electrons. The summed E-state index contributed by atoms with van der Waals surface area (Å²) < 4.78 is 12.6. The summed E-state index contributed by atoms with van der Waals surface area (Å²) >= 11 is 1.40. The van der Waals surface area contributed by atoms with E-state index in [-0.39, 0.29) is 11.8 Å². The molecule has 0 aliphatic carbocycles. The number of thiazole rings is 1. The number of carbonyl (C=O) groups excluding carboxylic acids is 2. The van der Waals surface area contributed by atoms with Crippen LogP contribution in [0.5, 0.6) is 11.5 Å². The molecule has 2 heterocycles. The third-order valence-electron chi connectivity index (χ3n) is 6.50. The minimum absolute atomic E-state index is 0.0507. The van der Waals surface area contributed by atoms with Gasteiger partial charge in [0.2, 0.25) is 0 Å². The van der Waals surface area contributed by atoms with Gasteiger partial charge in [-0.05, 0) is 43.3 Å². The average molecular weight is 509 g/mol. The Morgan fingerprint density at radius 1 is 1.00 bits per heavy atom.